The first-order chi connectivity index (χ1) is 9.72. The Kier molecular flexibility index (Phi) is 3.36. The highest BCUT2D eigenvalue weighted by molar-refractivity contribution is 5.50. The van der Waals surface area contributed by atoms with E-state index in [9.17, 15) is 0 Å². The first-order valence-corrected chi connectivity index (χ1v) is 6.64. The van der Waals surface area contributed by atoms with E-state index in [0.29, 0.717) is 0 Å². The molecule has 1 unspecified atom stereocenters. The summed E-state index contributed by atoms with van der Waals surface area (Å²) < 4.78 is 16.2. The Bertz CT molecular complexity index is 622. The SMILES string of the molecule is COc1cc2c(cc1OC)C(c1cc(C)no1)NCC2. The number of fused-ring (bicyclic) bond motifs is 1. The normalized spacial score (nSPS) is 17.6. The maximum Gasteiger partial charge on any atom is 0.161 e. The molecule has 0 saturated heterocycles. The van der Waals surface area contributed by atoms with Gasteiger partial charge in [0.1, 0.15) is 0 Å². The van der Waals surface area contributed by atoms with Crippen molar-refractivity contribution in [1.29, 1.82) is 0 Å². The second-order valence-electron chi connectivity index (χ2n) is 4.91. The number of hydrogen-bond donors (Lipinski definition) is 1. The van der Waals surface area contributed by atoms with Crippen molar-refractivity contribution >= 4 is 0 Å². The molecule has 1 aromatic heterocycles. The van der Waals surface area contributed by atoms with Gasteiger partial charge in [0.05, 0.1) is 26.0 Å². The van der Waals surface area contributed by atoms with Crippen LogP contribution in [0.1, 0.15) is 28.6 Å². The van der Waals surface area contributed by atoms with Gasteiger partial charge in [-0.25, -0.2) is 0 Å². The van der Waals surface area contributed by atoms with E-state index in [2.05, 4.69) is 10.5 Å². The van der Waals surface area contributed by atoms with E-state index in [1.807, 2.05) is 25.1 Å². The van der Waals surface area contributed by atoms with E-state index < -0.39 is 0 Å². The number of aromatic nitrogens is 1. The van der Waals surface area contributed by atoms with Crippen LogP contribution in [0.4, 0.5) is 0 Å². The van der Waals surface area contributed by atoms with Crippen LogP contribution in [-0.2, 0) is 6.42 Å². The fraction of sp³-hybridized carbons (Fsp3) is 0.400. The van der Waals surface area contributed by atoms with Gasteiger partial charge >= 0.3 is 0 Å². The fourth-order valence-electron chi connectivity index (χ4n) is 2.66. The summed E-state index contributed by atoms with van der Waals surface area (Å²) in [5.74, 6) is 2.33. The minimum atomic E-state index is 0.0137. The lowest BCUT2D eigenvalue weighted by molar-refractivity contribution is 0.340. The van der Waals surface area contributed by atoms with Gasteiger partial charge in [-0.1, -0.05) is 5.16 Å². The molecule has 0 amide bonds. The van der Waals surface area contributed by atoms with Crippen LogP contribution in [-0.4, -0.2) is 25.9 Å². The fourth-order valence-corrected chi connectivity index (χ4v) is 2.66. The van der Waals surface area contributed by atoms with Crippen LogP contribution in [0.25, 0.3) is 0 Å². The lowest BCUT2D eigenvalue weighted by Gasteiger charge is -2.26. The van der Waals surface area contributed by atoms with Crippen LogP contribution in [0.3, 0.4) is 0 Å². The van der Waals surface area contributed by atoms with E-state index >= 15 is 0 Å². The van der Waals surface area contributed by atoms with Gasteiger partial charge in [0.25, 0.3) is 0 Å². The van der Waals surface area contributed by atoms with Crippen molar-refractivity contribution in [3.63, 3.8) is 0 Å². The molecule has 1 aromatic carbocycles. The zero-order valence-corrected chi connectivity index (χ0v) is 11.9. The second-order valence-corrected chi connectivity index (χ2v) is 4.91. The standard InChI is InChI=1S/C15H18N2O3/c1-9-6-14(20-17-9)15-11-8-13(19-3)12(18-2)7-10(11)4-5-16-15/h6-8,15-16H,4-5H2,1-3H3. The lowest BCUT2D eigenvalue weighted by Crippen LogP contribution is -2.30. The maximum atomic E-state index is 5.41. The zero-order chi connectivity index (χ0) is 14.1. The van der Waals surface area contributed by atoms with Gasteiger partial charge in [0.15, 0.2) is 17.3 Å². The lowest BCUT2D eigenvalue weighted by atomic mass is 9.92. The van der Waals surface area contributed by atoms with E-state index in [-0.39, 0.29) is 6.04 Å². The van der Waals surface area contributed by atoms with Crippen LogP contribution in [0.2, 0.25) is 0 Å². The molecule has 0 saturated carbocycles. The molecular weight excluding hydrogens is 256 g/mol. The minimum Gasteiger partial charge on any atom is -0.493 e. The Labute approximate surface area is 117 Å². The molecule has 2 aromatic rings. The summed E-state index contributed by atoms with van der Waals surface area (Å²) in [5.41, 5.74) is 3.29. The largest absolute Gasteiger partial charge is 0.493 e. The van der Waals surface area contributed by atoms with Crippen molar-refractivity contribution in [2.45, 2.75) is 19.4 Å². The topological polar surface area (TPSA) is 56.5 Å². The van der Waals surface area contributed by atoms with Gasteiger partial charge < -0.3 is 19.3 Å². The van der Waals surface area contributed by atoms with E-state index in [1.165, 1.54) is 5.56 Å². The minimum absolute atomic E-state index is 0.0137. The van der Waals surface area contributed by atoms with Gasteiger partial charge in [0.2, 0.25) is 0 Å². The van der Waals surface area contributed by atoms with Crippen molar-refractivity contribution in [3.8, 4) is 11.5 Å². The molecular formula is C15H18N2O3. The molecule has 3 rings (SSSR count). The number of hydrogen-bond acceptors (Lipinski definition) is 5. The average molecular weight is 274 g/mol. The smallest absolute Gasteiger partial charge is 0.161 e. The second kappa shape index (κ2) is 5.17. The number of ether oxygens (including phenoxy) is 2. The average Bonchev–Trinajstić information content (AvgIpc) is 2.91. The quantitative estimate of drug-likeness (QED) is 0.930. The van der Waals surface area contributed by atoms with Crippen LogP contribution >= 0.6 is 0 Å². The van der Waals surface area contributed by atoms with Gasteiger partial charge in [-0.2, -0.15) is 0 Å². The molecule has 5 nitrogen and oxygen atoms in total. The molecule has 1 aliphatic rings. The van der Waals surface area contributed by atoms with Gasteiger partial charge in [-0.3, -0.25) is 0 Å². The van der Waals surface area contributed by atoms with Crippen LogP contribution < -0.4 is 14.8 Å². The van der Waals surface area contributed by atoms with Gasteiger partial charge in [-0.15, -0.1) is 0 Å². The van der Waals surface area contributed by atoms with Gasteiger partial charge in [-0.05, 0) is 36.6 Å². The number of nitrogens with one attached hydrogen (secondary N) is 1. The van der Waals surface area contributed by atoms with Crippen molar-refractivity contribution < 1.29 is 14.0 Å². The molecule has 2 heterocycles. The van der Waals surface area contributed by atoms with Crippen molar-refractivity contribution in [1.82, 2.24) is 10.5 Å². The molecule has 0 radical (unpaired) electrons. The highest BCUT2D eigenvalue weighted by Gasteiger charge is 2.26. The van der Waals surface area contributed by atoms with Crippen LogP contribution in [0.15, 0.2) is 22.7 Å². The number of rotatable bonds is 3. The van der Waals surface area contributed by atoms with E-state index in [1.54, 1.807) is 14.2 Å². The Hall–Kier alpha value is -2.01. The first kappa shape index (κ1) is 13.0. The number of benzene rings is 1. The summed E-state index contributed by atoms with van der Waals surface area (Å²) in [6.07, 6.45) is 0.958. The van der Waals surface area contributed by atoms with E-state index in [0.717, 1.165) is 41.5 Å². The number of methoxy groups -OCH3 is 2. The van der Waals surface area contributed by atoms with Crippen molar-refractivity contribution in [3.05, 3.63) is 40.8 Å². The summed E-state index contributed by atoms with van der Waals surface area (Å²) in [5, 5.41) is 7.43. The summed E-state index contributed by atoms with van der Waals surface area (Å²) in [4.78, 5) is 0. The van der Waals surface area contributed by atoms with Crippen molar-refractivity contribution in [2.24, 2.45) is 0 Å². The summed E-state index contributed by atoms with van der Waals surface area (Å²) in [7, 11) is 3.30. The molecule has 0 aliphatic carbocycles. The molecule has 5 heteroatoms. The summed E-state index contributed by atoms with van der Waals surface area (Å²) in [6.45, 7) is 2.82. The molecule has 1 atom stereocenters. The van der Waals surface area contributed by atoms with E-state index in [4.69, 9.17) is 14.0 Å². The summed E-state index contributed by atoms with van der Waals surface area (Å²) in [6, 6.07) is 6.04. The van der Waals surface area contributed by atoms with Crippen LogP contribution in [0.5, 0.6) is 11.5 Å². The number of aryl methyl sites for hydroxylation is 1. The molecule has 20 heavy (non-hydrogen) atoms. The summed E-state index contributed by atoms with van der Waals surface area (Å²) >= 11 is 0. The highest BCUT2D eigenvalue weighted by Crippen LogP contribution is 2.37. The molecule has 106 valence electrons. The number of nitrogens with zero attached hydrogens (tertiary/aromatic N) is 1. The Morgan fingerprint density at radius 2 is 1.95 bits per heavy atom. The third-order valence-corrected chi connectivity index (χ3v) is 3.63. The first-order valence-electron chi connectivity index (χ1n) is 6.64. The molecule has 0 fully saturated rings. The highest BCUT2D eigenvalue weighted by atomic mass is 16.5. The molecule has 0 spiro atoms. The Morgan fingerprint density at radius 1 is 1.20 bits per heavy atom. The Morgan fingerprint density at radius 3 is 2.60 bits per heavy atom. The maximum absolute atomic E-state index is 5.41. The third kappa shape index (κ3) is 2.14. The monoisotopic (exact) mass is 274 g/mol. The predicted octanol–water partition coefficient (Wildman–Crippen LogP) is 2.24. The molecule has 0 bridgehead atoms. The molecule has 1 aliphatic heterocycles. The van der Waals surface area contributed by atoms with Gasteiger partial charge in [0, 0.05) is 12.6 Å². The van der Waals surface area contributed by atoms with Crippen molar-refractivity contribution in [2.75, 3.05) is 20.8 Å². The molecule has 1 N–H and O–H groups in total. The Balaban J connectivity index is 2.07. The predicted molar refractivity (Wildman–Crippen MR) is 74.3 cm³/mol. The van der Waals surface area contributed by atoms with Crippen LogP contribution in [0, 0.1) is 6.92 Å². The third-order valence-electron chi connectivity index (χ3n) is 3.63. The zero-order valence-electron chi connectivity index (χ0n) is 11.9.